The number of methoxy groups -OCH3 is 1. The van der Waals surface area contributed by atoms with Crippen LogP contribution in [0.2, 0.25) is 0 Å². The van der Waals surface area contributed by atoms with Gasteiger partial charge in [0.1, 0.15) is 11.6 Å². The van der Waals surface area contributed by atoms with Crippen molar-refractivity contribution in [1.29, 1.82) is 0 Å². The van der Waals surface area contributed by atoms with Crippen molar-refractivity contribution in [2.75, 3.05) is 7.11 Å². The molecule has 1 unspecified atom stereocenters. The molecule has 0 aliphatic heterocycles. The van der Waals surface area contributed by atoms with Gasteiger partial charge in [-0.15, -0.1) is 0 Å². The Morgan fingerprint density at radius 1 is 1.11 bits per heavy atom. The quantitative estimate of drug-likeness (QED) is 0.531. The molecule has 0 N–H and O–H groups in total. The van der Waals surface area contributed by atoms with Gasteiger partial charge in [0, 0.05) is 4.47 Å². The molecular weight excluding hydrogens is 443 g/mol. The summed E-state index contributed by atoms with van der Waals surface area (Å²) in [5.41, 5.74) is 1.85. The van der Waals surface area contributed by atoms with E-state index in [1.165, 1.54) is 6.07 Å². The van der Waals surface area contributed by atoms with E-state index in [9.17, 15) is 4.39 Å². The first kappa shape index (κ1) is 15.0. The number of hydrogen-bond acceptors (Lipinski definition) is 1. The van der Waals surface area contributed by atoms with E-state index in [1.807, 2.05) is 24.3 Å². The fourth-order valence-corrected chi connectivity index (χ4v) is 4.20. The Morgan fingerprint density at radius 2 is 1.84 bits per heavy atom. The zero-order valence-electron chi connectivity index (χ0n) is 9.96. The van der Waals surface area contributed by atoms with Crippen molar-refractivity contribution in [3.8, 4) is 5.75 Å². The van der Waals surface area contributed by atoms with Crippen molar-refractivity contribution in [3.63, 3.8) is 0 Å². The second-order valence-corrected chi connectivity index (χ2v) is 6.46. The third kappa shape index (κ3) is 3.20. The molecule has 2 aromatic rings. The summed E-state index contributed by atoms with van der Waals surface area (Å²) in [5.74, 6) is 0.500. The Kier molecular flexibility index (Phi) is 5.03. The van der Waals surface area contributed by atoms with Gasteiger partial charge in [0.05, 0.1) is 16.4 Å². The molecule has 0 bridgehead atoms. The maximum atomic E-state index is 13.6. The Balaban J connectivity index is 2.44. The van der Waals surface area contributed by atoms with E-state index < -0.39 is 0 Å². The number of hydrogen-bond donors (Lipinski definition) is 0. The average molecular weight is 453 g/mol. The molecule has 0 aliphatic rings. The van der Waals surface area contributed by atoms with Crippen LogP contribution in [-0.4, -0.2) is 7.11 Å². The summed E-state index contributed by atoms with van der Waals surface area (Å²) in [6.45, 7) is 0. The van der Waals surface area contributed by atoms with Crippen LogP contribution < -0.4 is 4.74 Å². The summed E-state index contributed by atoms with van der Waals surface area (Å²) >= 11 is 10.4. The van der Waals surface area contributed by atoms with Crippen LogP contribution in [-0.2, 0) is 0 Å². The van der Waals surface area contributed by atoms with E-state index in [2.05, 4.69) is 47.8 Å². The highest BCUT2D eigenvalue weighted by Gasteiger charge is 2.18. The van der Waals surface area contributed by atoms with Crippen LogP contribution in [0.5, 0.6) is 5.75 Å². The third-order valence-corrected chi connectivity index (χ3v) is 5.25. The first-order chi connectivity index (χ1) is 9.04. The molecule has 19 heavy (non-hydrogen) atoms. The van der Waals surface area contributed by atoms with Crippen molar-refractivity contribution < 1.29 is 9.13 Å². The fraction of sp³-hybridized carbons (Fsp3) is 0.143. The van der Waals surface area contributed by atoms with Crippen LogP contribution in [0.1, 0.15) is 16.0 Å². The van der Waals surface area contributed by atoms with Gasteiger partial charge in [0.25, 0.3) is 0 Å². The van der Waals surface area contributed by atoms with Crippen LogP contribution in [0.4, 0.5) is 4.39 Å². The molecule has 0 aromatic heterocycles. The van der Waals surface area contributed by atoms with Crippen molar-refractivity contribution in [1.82, 2.24) is 0 Å². The summed E-state index contributed by atoms with van der Waals surface area (Å²) in [7, 11) is 1.62. The maximum absolute atomic E-state index is 13.6. The van der Waals surface area contributed by atoms with Gasteiger partial charge in [-0.1, -0.05) is 50.1 Å². The predicted octanol–water partition coefficient (Wildman–Crippen LogP) is 5.84. The molecule has 0 spiro atoms. The Morgan fingerprint density at radius 3 is 2.47 bits per heavy atom. The molecule has 0 aliphatic carbocycles. The highest BCUT2D eigenvalue weighted by Crippen LogP contribution is 2.40. The van der Waals surface area contributed by atoms with Gasteiger partial charge < -0.3 is 4.74 Å². The number of rotatable bonds is 3. The van der Waals surface area contributed by atoms with Crippen molar-refractivity contribution in [2.24, 2.45) is 0 Å². The van der Waals surface area contributed by atoms with E-state index in [0.29, 0.717) is 4.47 Å². The van der Waals surface area contributed by atoms with Crippen LogP contribution >= 0.6 is 47.8 Å². The number of alkyl halides is 1. The normalized spacial score (nSPS) is 12.3. The first-order valence-electron chi connectivity index (χ1n) is 5.46. The zero-order valence-corrected chi connectivity index (χ0v) is 14.7. The molecule has 1 nitrogen and oxygen atoms in total. The van der Waals surface area contributed by atoms with E-state index in [0.717, 1.165) is 21.3 Å². The standard InChI is InChI=1S/C14H10Br3FO/c1-19-8-5-6-9(11(15)7-8)13(16)10-3-2-4-12(18)14(10)17/h2-7,13H,1H3. The van der Waals surface area contributed by atoms with E-state index in [-0.39, 0.29) is 10.6 Å². The minimum atomic E-state index is -0.272. The van der Waals surface area contributed by atoms with Gasteiger partial charge in [-0.3, -0.25) is 0 Å². The van der Waals surface area contributed by atoms with Crippen molar-refractivity contribution >= 4 is 47.8 Å². The molecule has 100 valence electrons. The number of ether oxygens (including phenoxy) is 1. The summed E-state index contributed by atoms with van der Waals surface area (Å²) in [6.07, 6.45) is 0. The van der Waals surface area contributed by atoms with E-state index >= 15 is 0 Å². The van der Waals surface area contributed by atoms with Gasteiger partial charge in [-0.25, -0.2) is 4.39 Å². The van der Waals surface area contributed by atoms with Gasteiger partial charge in [0.15, 0.2) is 0 Å². The lowest BCUT2D eigenvalue weighted by Gasteiger charge is -2.15. The summed E-state index contributed by atoms with van der Waals surface area (Å²) in [6, 6.07) is 10.7. The van der Waals surface area contributed by atoms with Crippen LogP contribution in [0.3, 0.4) is 0 Å². The molecule has 1 atom stereocenters. The minimum Gasteiger partial charge on any atom is -0.497 e. The van der Waals surface area contributed by atoms with E-state index in [4.69, 9.17) is 4.74 Å². The summed E-state index contributed by atoms with van der Waals surface area (Å²) in [5, 5.41) is 0. The lowest BCUT2D eigenvalue weighted by Crippen LogP contribution is -1.97. The van der Waals surface area contributed by atoms with Crippen molar-refractivity contribution in [3.05, 3.63) is 62.3 Å². The Bertz CT molecular complexity index is 601. The molecule has 2 aromatic carbocycles. The highest BCUT2D eigenvalue weighted by molar-refractivity contribution is 9.11. The lowest BCUT2D eigenvalue weighted by molar-refractivity contribution is 0.414. The molecule has 2 rings (SSSR count). The predicted molar refractivity (Wildman–Crippen MR) is 85.6 cm³/mol. The molecule has 0 saturated carbocycles. The highest BCUT2D eigenvalue weighted by atomic mass is 79.9. The fourth-order valence-electron chi connectivity index (χ4n) is 1.72. The SMILES string of the molecule is COc1ccc(C(Br)c2cccc(F)c2Br)c(Br)c1. The van der Waals surface area contributed by atoms with Crippen LogP contribution in [0.15, 0.2) is 45.3 Å². The second kappa shape index (κ2) is 6.37. The Hall–Kier alpha value is -0.390. The lowest BCUT2D eigenvalue weighted by atomic mass is 10.0. The number of benzene rings is 2. The molecule has 5 heteroatoms. The van der Waals surface area contributed by atoms with Crippen LogP contribution in [0.25, 0.3) is 0 Å². The van der Waals surface area contributed by atoms with Gasteiger partial charge in [0.2, 0.25) is 0 Å². The maximum Gasteiger partial charge on any atom is 0.137 e. The molecule has 0 heterocycles. The van der Waals surface area contributed by atoms with Gasteiger partial charge >= 0.3 is 0 Å². The summed E-state index contributed by atoms with van der Waals surface area (Å²) in [4.78, 5) is -0.113. The minimum absolute atomic E-state index is 0.113. The topological polar surface area (TPSA) is 9.23 Å². The first-order valence-corrected chi connectivity index (χ1v) is 7.96. The van der Waals surface area contributed by atoms with Crippen LogP contribution in [0, 0.1) is 5.82 Å². The van der Waals surface area contributed by atoms with Crippen molar-refractivity contribution in [2.45, 2.75) is 4.83 Å². The molecular formula is C14H10Br3FO. The van der Waals surface area contributed by atoms with Gasteiger partial charge in [-0.2, -0.15) is 0 Å². The largest absolute Gasteiger partial charge is 0.497 e. The zero-order chi connectivity index (χ0) is 14.0. The molecule has 0 fully saturated rings. The summed E-state index contributed by atoms with van der Waals surface area (Å²) < 4.78 is 20.1. The number of halogens is 4. The molecule has 0 amide bonds. The average Bonchev–Trinajstić information content (AvgIpc) is 2.41. The Labute approximate surface area is 136 Å². The van der Waals surface area contributed by atoms with E-state index in [1.54, 1.807) is 13.2 Å². The third-order valence-electron chi connectivity index (χ3n) is 2.74. The molecule has 0 radical (unpaired) electrons. The smallest absolute Gasteiger partial charge is 0.137 e. The monoisotopic (exact) mass is 450 g/mol. The molecule has 0 saturated heterocycles. The second-order valence-electron chi connectivity index (χ2n) is 3.89. The van der Waals surface area contributed by atoms with Gasteiger partial charge in [-0.05, 0) is 45.3 Å².